The predicted octanol–water partition coefficient (Wildman–Crippen LogP) is -0.871. The molecule has 2 rings (SSSR count). The second-order valence-corrected chi connectivity index (χ2v) is 4.37. The Hall–Kier alpha value is -1.79. The molecule has 7 heteroatoms. The first-order valence-corrected chi connectivity index (χ1v) is 6.09. The summed E-state index contributed by atoms with van der Waals surface area (Å²) in [4.78, 5) is 38.5. The first kappa shape index (κ1) is 12.7. The molecule has 0 radical (unpaired) electrons. The van der Waals surface area contributed by atoms with Crippen molar-refractivity contribution < 1.29 is 19.1 Å². The van der Waals surface area contributed by atoms with Crippen LogP contribution in [0.25, 0.3) is 0 Å². The SMILES string of the molecule is O=CN1CCN(C(=O)CCN2CCOC2=O)CC1. The Bertz CT molecular complexity index is 339. The lowest BCUT2D eigenvalue weighted by molar-refractivity contribution is -0.135. The van der Waals surface area contributed by atoms with Crippen molar-refractivity contribution in [1.82, 2.24) is 14.7 Å². The zero-order valence-electron chi connectivity index (χ0n) is 10.2. The van der Waals surface area contributed by atoms with Gasteiger partial charge in [-0.1, -0.05) is 0 Å². The first-order chi connectivity index (χ1) is 8.70. The van der Waals surface area contributed by atoms with Crippen molar-refractivity contribution in [2.45, 2.75) is 6.42 Å². The molecule has 18 heavy (non-hydrogen) atoms. The monoisotopic (exact) mass is 255 g/mol. The van der Waals surface area contributed by atoms with Crippen molar-refractivity contribution in [1.29, 1.82) is 0 Å². The minimum atomic E-state index is -0.339. The van der Waals surface area contributed by atoms with Crippen LogP contribution < -0.4 is 0 Å². The fourth-order valence-electron chi connectivity index (χ4n) is 2.09. The van der Waals surface area contributed by atoms with Crippen molar-refractivity contribution in [3.05, 3.63) is 0 Å². The highest BCUT2D eigenvalue weighted by atomic mass is 16.6. The lowest BCUT2D eigenvalue weighted by atomic mass is 10.3. The van der Waals surface area contributed by atoms with Gasteiger partial charge in [-0.05, 0) is 0 Å². The van der Waals surface area contributed by atoms with Crippen LogP contribution in [0.2, 0.25) is 0 Å². The van der Waals surface area contributed by atoms with Crippen LogP contribution in [-0.4, -0.2) is 79.0 Å². The third kappa shape index (κ3) is 2.91. The molecule has 0 aromatic heterocycles. The summed E-state index contributed by atoms with van der Waals surface area (Å²) in [7, 11) is 0. The number of carbonyl (C=O) groups is 3. The second-order valence-electron chi connectivity index (χ2n) is 4.37. The van der Waals surface area contributed by atoms with Crippen LogP contribution >= 0.6 is 0 Å². The number of cyclic esters (lactones) is 1. The standard InChI is InChI=1S/C11H17N3O4/c15-9-12-3-5-13(6-4-12)10(16)1-2-14-7-8-18-11(14)17/h9H,1-8H2. The van der Waals surface area contributed by atoms with Crippen LogP contribution in [0.15, 0.2) is 0 Å². The van der Waals surface area contributed by atoms with Crippen molar-refractivity contribution in [2.24, 2.45) is 0 Å². The van der Waals surface area contributed by atoms with E-state index in [1.807, 2.05) is 0 Å². The van der Waals surface area contributed by atoms with Gasteiger partial charge in [0.2, 0.25) is 12.3 Å². The summed E-state index contributed by atoms with van der Waals surface area (Å²) in [5.41, 5.74) is 0. The topological polar surface area (TPSA) is 70.2 Å². The Morgan fingerprint density at radius 2 is 1.94 bits per heavy atom. The number of nitrogens with zero attached hydrogens (tertiary/aromatic N) is 3. The molecule has 0 atom stereocenters. The molecule has 0 bridgehead atoms. The van der Waals surface area contributed by atoms with Crippen LogP contribution in [0.4, 0.5) is 4.79 Å². The number of carbonyl (C=O) groups excluding carboxylic acids is 3. The van der Waals surface area contributed by atoms with Gasteiger partial charge >= 0.3 is 6.09 Å². The highest BCUT2D eigenvalue weighted by Gasteiger charge is 2.24. The molecule has 2 heterocycles. The van der Waals surface area contributed by atoms with Gasteiger partial charge in [0.05, 0.1) is 6.54 Å². The Labute approximate surface area is 105 Å². The maximum absolute atomic E-state index is 11.9. The van der Waals surface area contributed by atoms with Gasteiger partial charge in [0.25, 0.3) is 0 Å². The Morgan fingerprint density at radius 3 is 2.50 bits per heavy atom. The summed E-state index contributed by atoms with van der Waals surface area (Å²) in [6, 6.07) is 0. The van der Waals surface area contributed by atoms with Crippen LogP contribution in [0.3, 0.4) is 0 Å². The Morgan fingerprint density at radius 1 is 1.22 bits per heavy atom. The molecule has 2 aliphatic rings. The molecule has 100 valence electrons. The minimum Gasteiger partial charge on any atom is -0.448 e. The van der Waals surface area contributed by atoms with Crippen LogP contribution in [0, 0.1) is 0 Å². The fourth-order valence-corrected chi connectivity index (χ4v) is 2.09. The van der Waals surface area contributed by atoms with E-state index in [2.05, 4.69) is 0 Å². The van der Waals surface area contributed by atoms with E-state index in [1.165, 1.54) is 0 Å². The van der Waals surface area contributed by atoms with Crippen LogP contribution in [0.5, 0.6) is 0 Å². The van der Waals surface area contributed by atoms with Gasteiger partial charge in [0.1, 0.15) is 6.61 Å². The van der Waals surface area contributed by atoms with E-state index in [1.54, 1.807) is 14.7 Å². The van der Waals surface area contributed by atoms with E-state index < -0.39 is 0 Å². The van der Waals surface area contributed by atoms with Crippen LogP contribution in [0.1, 0.15) is 6.42 Å². The summed E-state index contributed by atoms with van der Waals surface area (Å²) >= 11 is 0. The number of amides is 3. The van der Waals surface area contributed by atoms with Crippen LogP contribution in [-0.2, 0) is 14.3 Å². The van der Waals surface area contributed by atoms with E-state index >= 15 is 0 Å². The van der Waals surface area contributed by atoms with E-state index in [9.17, 15) is 14.4 Å². The maximum atomic E-state index is 11.9. The average Bonchev–Trinajstić information content (AvgIpc) is 2.81. The summed E-state index contributed by atoms with van der Waals surface area (Å²) in [5, 5.41) is 0. The molecule has 0 saturated carbocycles. The molecule has 0 aromatic carbocycles. The van der Waals surface area contributed by atoms with Crippen molar-refractivity contribution in [3.8, 4) is 0 Å². The van der Waals surface area contributed by atoms with Gasteiger partial charge in [0.15, 0.2) is 0 Å². The number of hydrogen-bond acceptors (Lipinski definition) is 4. The molecule has 7 nitrogen and oxygen atoms in total. The Balaban J connectivity index is 1.72. The number of ether oxygens (including phenoxy) is 1. The average molecular weight is 255 g/mol. The lowest BCUT2D eigenvalue weighted by Crippen LogP contribution is -2.48. The van der Waals surface area contributed by atoms with E-state index in [0.717, 1.165) is 6.41 Å². The predicted molar refractivity (Wildman–Crippen MR) is 61.8 cm³/mol. The molecule has 0 spiro atoms. The molecule has 0 N–H and O–H groups in total. The zero-order valence-corrected chi connectivity index (χ0v) is 10.2. The lowest BCUT2D eigenvalue weighted by Gasteiger charge is -2.32. The minimum absolute atomic E-state index is 0.0280. The maximum Gasteiger partial charge on any atom is 0.409 e. The molecule has 0 aliphatic carbocycles. The molecular formula is C11H17N3O4. The van der Waals surface area contributed by atoms with E-state index in [4.69, 9.17) is 4.74 Å². The quantitative estimate of drug-likeness (QED) is 0.612. The normalized spacial score (nSPS) is 20.0. The van der Waals surface area contributed by atoms with Gasteiger partial charge in [-0.15, -0.1) is 0 Å². The number of piperazine rings is 1. The summed E-state index contributed by atoms with van der Waals surface area (Å²) in [5.74, 6) is 0.0280. The van der Waals surface area contributed by atoms with E-state index in [-0.39, 0.29) is 12.0 Å². The smallest absolute Gasteiger partial charge is 0.409 e. The highest BCUT2D eigenvalue weighted by molar-refractivity contribution is 5.77. The Kier molecular flexibility index (Phi) is 4.01. The van der Waals surface area contributed by atoms with Gasteiger partial charge in [0, 0.05) is 39.1 Å². The molecule has 2 aliphatic heterocycles. The molecule has 0 unspecified atom stereocenters. The molecule has 3 amide bonds. The largest absolute Gasteiger partial charge is 0.448 e. The molecule has 2 saturated heterocycles. The van der Waals surface area contributed by atoms with Crippen molar-refractivity contribution in [2.75, 3.05) is 45.9 Å². The molecular weight excluding hydrogens is 238 g/mol. The van der Waals surface area contributed by atoms with E-state index in [0.29, 0.717) is 52.3 Å². The number of rotatable bonds is 4. The second kappa shape index (κ2) is 5.70. The van der Waals surface area contributed by atoms with Gasteiger partial charge in [-0.2, -0.15) is 0 Å². The number of hydrogen-bond donors (Lipinski definition) is 0. The summed E-state index contributed by atoms with van der Waals surface area (Å²) in [6.45, 7) is 3.69. The zero-order chi connectivity index (χ0) is 13.0. The van der Waals surface area contributed by atoms with Gasteiger partial charge in [-0.3, -0.25) is 9.59 Å². The van der Waals surface area contributed by atoms with Crippen molar-refractivity contribution in [3.63, 3.8) is 0 Å². The fraction of sp³-hybridized carbons (Fsp3) is 0.727. The first-order valence-electron chi connectivity index (χ1n) is 6.09. The molecule has 2 fully saturated rings. The van der Waals surface area contributed by atoms with Gasteiger partial charge < -0.3 is 19.4 Å². The van der Waals surface area contributed by atoms with Gasteiger partial charge in [-0.25, -0.2) is 4.79 Å². The molecule has 0 aromatic rings. The summed E-state index contributed by atoms with van der Waals surface area (Å²) in [6.07, 6.45) is 0.784. The third-order valence-electron chi connectivity index (χ3n) is 3.26. The highest BCUT2D eigenvalue weighted by Crippen LogP contribution is 2.07. The van der Waals surface area contributed by atoms with Crippen molar-refractivity contribution >= 4 is 18.4 Å². The summed E-state index contributed by atoms with van der Waals surface area (Å²) < 4.78 is 4.79. The third-order valence-corrected chi connectivity index (χ3v) is 3.26.